The molecule has 0 bridgehead atoms. The monoisotopic (exact) mass is 319 g/mol. The molecule has 0 unspecified atom stereocenters. The van der Waals surface area contributed by atoms with Gasteiger partial charge in [-0.25, -0.2) is 0 Å². The van der Waals surface area contributed by atoms with Crippen molar-refractivity contribution in [2.75, 3.05) is 0 Å². The summed E-state index contributed by atoms with van der Waals surface area (Å²) in [5.41, 5.74) is 1.57. The van der Waals surface area contributed by atoms with Crippen LogP contribution in [0.25, 0.3) is 22.0 Å². The van der Waals surface area contributed by atoms with Crippen LogP contribution in [0.2, 0.25) is 0 Å². The lowest BCUT2D eigenvalue weighted by Gasteiger charge is -2.02. The number of nitrogens with zero attached hydrogens (tertiary/aromatic N) is 1. The first-order valence-corrected chi connectivity index (χ1v) is 7.42. The van der Waals surface area contributed by atoms with Gasteiger partial charge >= 0.3 is 0 Å². The van der Waals surface area contributed by atoms with Crippen molar-refractivity contribution in [1.29, 1.82) is 0 Å². The summed E-state index contributed by atoms with van der Waals surface area (Å²) in [6, 6.07) is 14.3. The summed E-state index contributed by atoms with van der Waals surface area (Å²) in [6.45, 7) is 1.68. The zero-order valence-electron chi connectivity index (χ0n) is 12.8. The third-order valence-electron chi connectivity index (χ3n) is 3.95. The van der Waals surface area contributed by atoms with E-state index in [-0.39, 0.29) is 17.3 Å². The molecule has 24 heavy (non-hydrogen) atoms. The van der Waals surface area contributed by atoms with Gasteiger partial charge in [-0.2, -0.15) is 0 Å². The molecular formula is C19H13NO4. The fraction of sp³-hybridized carbons (Fsp3) is 0.0526. The maximum atomic E-state index is 13.0. The molecule has 0 atom stereocenters. The molecule has 0 aliphatic carbocycles. The highest BCUT2D eigenvalue weighted by Gasteiger charge is 2.27. The molecule has 2 aromatic carbocycles. The van der Waals surface area contributed by atoms with Crippen LogP contribution in [0, 0.1) is 6.92 Å². The van der Waals surface area contributed by atoms with Gasteiger partial charge in [0.15, 0.2) is 5.76 Å². The number of ketones is 1. The second-order valence-electron chi connectivity index (χ2n) is 5.46. The lowest BCUT2D eigenvalue weighted by molar-refractivity contribution is 0.101. The predicted molar refractivity (Wildman–Crippen MR) is 88.0 cm³/mol. The molecule has 0 saturated heterocycles. The number of fused-ring (bicyclic) bond motifs is 1. The molecule has 0 amide bonds. The molecule has 118 valence electrons. The van der Waals surface area contributed by atoms with E-state index < -0.39 is 0 Å². The summed E-state index contributed by atoms with van der Waals surface area (Å²) in [7, 11) is 0. The summed E-state index contributed by atoms with van der Waals surface area (Å²) in [5, 5.41) is 15.2. The highest BCUT2D eigenvalue weighted by molar-refractivity contribution is 6.18. The van der Waals surface area contributed by atoms with E-state index >= 15 is 0 Å². The third-order valence-corrected chi connectivity index (χ3v) is 3.95. The molecule has 5 heteroatoms. The number of phenols is 1. The number of hydrogen-bond acceptors (Lipinski definition) is 5. The molecule has 0 radical (unpaired) electrons. The summed E-state index contributed by atoms with van der Waals surface area (Å²) >= 11 is 0. The van der Waals surface area contributed by atoms with Gasteiger partial charge in [0, 0.05) is 10.9 Å². The molecule has 5 nitrogen and oxygen atoms in total. The second kappa shape index (κ2) is 5.38. The van der Waals surface area contributed by atoms with Gasteiger partial charge in [-0.15, -0.1) is 0 Å². The highest BCUT2D eigenvalue weighted by atomic mass is 16.5. The maximum absolute atomic E-state index is 13.0. The zero-order chi connectivity index (χ0) is 16.7. The Labute approximate surface area is 137 Å². The molecule has 2 heterocycles. The van der Waals surface area contributed by atoms with Crippen molar-refractivity contribution in [3.05, 3.63) is 71.9 Å². The van der Waals surface area contributed by atoms with Crippen LogP contribution in [0.15, 0.2) is 63.7 Å². The standard InChI is InChI=1S/C19H13NO4/c1-11-15(17(20-24-11)12-6-3-2-4-7-12)18(22)19-16-13(10-23-19)8-5-9-14(16)21/h2-10,21H,1H3. The lowest BCUT2D eigenvalue weighted by atomic mass is 10.00. The SMILES string of the molecule is Cc1onc(-c2ccccc2)c1C(=O)c1occ2cccc(O)c12. The fourth-order valence-electron chi connectivity index (χ4n) is 2.80. The van der Waals surface area contributed by atoms with Gasteiger partial charge in [0.25, 0.3) is 0 Å². The molecule has 2 aromatic heterocycles. The first-order valence-electron chi connectivity index (χ1n) is 7.42. The first-order chi connectivity index (χ1) is 11.7. The largest absolute Gasteiger partial charge is 0.507 e. The third kappa shape index (κ3) is 2.10. The van der Waals surface area contributed by atoms with Crippen molar-refractivity contribution in [2.24, 2.45) is 0 Å². The van der Waals surface area contributed by atoms with Crippen molar-refractivity contribution >= 4 is 16.6 Å². The van der Waals surface area contributed by atoms with Gasteiger partial charge in [-0.1, -0.05) is 47.6 Å². The Bertz CT molecular complexity index is 1040. The average Bonchev–Trinajstić information content (AvgIpc) is 3.20. The van der Waals surface area contributed by atoms with E-state index in [4.69, 9.17) is 8.94 Å². The Balaban J connectivity index is 1.91. The molecule has 0 fully saturated rings. The Hall–Kier alpha value is -3.34. The molecule has 0 aliphatic rings. The number of furan rings is 1. The lowest BCUT2D eigenvalue weighted by Crippen LogP contribution is -2.03. The number of carbonyl (C=O) groups is 1. The summed E-state index contributed by atoms with van der Waals surface area (Å²) in [6.07, 6.45) is 1.45. The van der Waals surface area contributed by atoms with E-state index in [1.165, 1.54) is 12.3 Å². The van der Waals surface area contributed by atoms with Gasteiger partial charge in [-0.05, 0) is 13.0 Å². The topological polar surface area (TPSA) is 76.5 Å². The molecule has 0 aliphatic heterocycles. The second-order valence-corrected chi connectivity index (χ2v) is 5.46. The molecular weight excluding hydrogens is 306 g/mol. The van der Waals surface area contributed by atoms with Crippen LogP contribution in [-0.4, -0.2) is 16.0 Å². The summed E-state index contributed by atoms with van der Waals surface area (Å²) < 4.78 is 10.7. The molecule has 1 N–H and O–H groups in total. The number of hydrogen-bond donors (Lipinski definition) is 1. The smallest absolute Gasteiger partial charge is 0.234 e. The van der Waals surface area contributed by atoms with E-state index in [9.17, 15) is 9.90 Å². The Morgan fingerprint density at radius 2 is 1.88 bits per heavy atom. The number of phenolic OH excluding ortho intramolecular Hbond substituents is 1. The number of carbonyl (C=O) groups excluding carboxylic acids is 1. The minimum absolute atomic E-state index is 0.0000294. The van der Waals surface area contributed by atoms with Gasteiger partial charge in [0.2, 0.25) is 5.78 Å². The number of rotatable bonds is 3. The minimum atomic E-state index is -0.371. The van der Waals surface area contributed by atoms with Crippen LogP contribution in [0.3, 0.4) is 0 Å². The zero-order valence-corrected chi connectivity index (χ0v) is 12.8. The van der Waals surface area contributed by atoms with Gasteiger partial charge in [0.05, 0.1) is 17.2 Å². The molecule has 4 aromatic rings. The van der Waals surface area contributed by atoms with Crippen molar-refractivity contribution < 1.29 is 18.8 Å². The Kier molecular flexibility index (Phi) is 3.20. The summed E-state index contributed by atoms with van der Waals surface area (Å²) in [4.78, 5) is 13.0. The molecule has 0 saturated carbocycles. The van der Waals surface area contributed by atoms with E-state index in [2.05, 4.69) is 5.16 Å². The predicted octanol–water partition coefficient (Wildman–Crippen LogP) is 4.33. The van der Waals surface area contributed by atoms with Gasteiger partial charge in [0.1, 0.15) is 17.2 Å². The van der Waals surface area contributed by atoms with E-state index in [0.717, 1.165) is 5.56 Å². The number of aryl methyl sites for hydroxylation is 1. The number of benzene rings is 2. The number of aromatic nitrogens is 1. The maximum Gasteiger partial charge on any atom is 0.234 e. The Morgan fingerprint density at radius 3 is 2.67 bits per heavy atom. The van der Waals surface area contributed by atoms with Crippen LogP contribution in [0.4, 0.5) is 0 Å². The Morgan fingerprint density at radius 1 is 1.08 bits per heavy atom. The van der Waals surface area contributed by atoms with Gasteiger partial charge in [-0.3, -0.25) is 4.79 Å². The summed E-state index contributed by atoms with van der Waals surface area (Å²) in [5.74, 6) is 0.106. The van der Waals surface area contributed by atoms with E-state index in [1.807, 2.05) is 30.3 Å². The normalized spacial score (nSPS) is 11.0. The van der Waals surface area contributed by atoms with Crippen LogP contribution in [-0.2, 0) is 0 Å². The fourth-order valence-corrected chi connectivity index (χ4v) is 2.80. The van der Waals surface area contributed by atoms with Crippen LogP contribution in [0.1, 0.15) is 21.9 Å². The van der Waals surface area contributed by atoms with Crippen LogP contribution >= 0.6 is 0 Å². The minimum Gasteiger partial charge on any atom is -0.507 e. The van der Waals surface area contributed by atoms with Crippen molar-refractivity contribution in [3.63, 3.8) is 0 Å². The van der Waals surface area contributed by atoms with Crippen molar-refractivity contribution in [2.45, 2.75) is 6.92 Å². The highest BCUT2D eigenvalue weighted by Crippen LogP contribution is 2.34. The average molecular weight is 319 g/mol. The first kappa shape index (κ1) is 14.3. The number of aromatic hydroxyl groups is 1. The quantitative estimate of drug-likeness (QED) is 0.569. The van der Waals surface area contributed by atoms with Crippen molar-refractivity contribution in [3.8, 4) is 17.0 Å². The molecule has 0 spiro atoms. The van der Waals surface area contributed by atoms with Crippen molar-refractivity contribution in [1.82, 2.24) is 5.16 Å². The van der Waals surface area contributed by atoms with Gasteiger partial charge < -0.3 is 14.0 Å². The van der Waals surface area contributed by atoms with E-state index in [1.54, 1.807) is 19.1 Å². The van der Waals surface area contributed by atoms with E-state index in [0.29, 0.717) is 27.8 Å². The molecule has 4 rings (SSSR count). The van der Waals surface area contributed by atoms with Crippen LogP contribution in [0.5, 0.6) is 5.75 Å². The van der Waals surface area contributed by atoms with Crippen LogP contribution < -0.4 is 0 Å².